The molecule has 0 bridgehead atoms. The van der Waals surface area contributed by atoms with Crippen molar-refractivity contribution in [2.24, 2.45) is 5.41 Å². The van der Waals surface area contributed by atoms with E-state index in [9.17, 15) is 14.4 Å². The van der Waals surface area contributed by atoms with Crippen LogP contribution < -0.4 is 5.32 Å². The molecule has 3 heterocycles. The van der Waals surface area contributed by atoms with Crippen LogP contribution in [0.3, 0.4) is 0 Å². The number of nitrogens with one attached hydrogen (secondary N) is 1. The molecule has 0 unspecified atom stereocenters. The van der Waals surface area contributed by atoms with Crippen molar-refractivity contribution < 1.29 is 24.6 Å². The van der Waals surface area contributed by atoms with Crippen molar-refractivity contribution in [2.45, 2.75) is 27.3 Å². The Bertz CT molecular complexity index is 988. The predicted molar refractivity (Wildman–Crippen MR) is 122 cm³/mol. The predicted octanol–water partition coefficient (Wildman–Crippen LogP) is 0.770. The number of nitrogens with zero attached hydrogens (tertiary/aromatic N) is 6. The lowest BCUT2D eigenvalue weighted by Crippen LogP contribution is -2.45. The van der Waals surface area contributed by atoms with Crippen molar-refractivity contribution in [2.75, 3.05) is 45.1 Å². The summed E-state index contributed by atoms with van der Waals surface area (Å²) < 4.78 is 1.89. The van der Waals surface area contributed by atoms with E-state index in [1.807, 2.05) is 25.5 Å². The highest BCUT2D eigenvalue weighted by Crippen LogP contribution is 2.22. The van der Waals surface area contributed by atoms with E-state index in [0.29, 0.717) is 18.0 Å². The normalized spacial score (nSPS) is 15.3. The fourth-order valence-corrected chi connectivity index (χ4v) is 2.90. The number of aromatic nitrogens is 4. The lowest BCUT2D eigenvalue weighted by molar-refractivity contribution is -0.134. The molecule has 1 fully saturated rings. The van der Waals surface area contributed by atoms with Crippen LogP contribution >= 0.6 is 0 Å². The fraction of sp³-hybridized carbons (Fsp3) is 0.524. The van der Waals surface area contributed by atoms with Gasteiger partial charge in [0.2, 0.25) is 5.91 Å². The van der Waals surface area contributed by atoms with E-state index >= 15 is 0 Å². The molecular weight excluding hydrogens is 430 g/mol. The highest BCUT2D eigenvalue weighted by Gasteiger charge is 2.23. The molecule has 2 aromatic rings. The summed E-state index contributed by atoms with van der Waals surface area (Å²) in [6, 6.07) is 0. The van der Waals surface area contributed by atoms with Gasteiger partial charge < -0.3 is 20.4 Å². The maximum atomic E-state index is 12.2. The summed E-state index contributed by atoms with van der Waals surface area (Å²) in [5.74, 6) is -2.06. The van der Waals surface area contributed by atoms with Crippen molar-refractivity contribution in [1.29, 1.82) is 0 Å². The van der Waals surface area contributed by atoms with E-state index in [-0.39, 0.29) is 5.91 Å². The average molecular weight is 462 g/mol. The molecule has 0 saturated carbocycles. The molecule has 0 atom stereocenters. The van der Waals surface area contributed by atoms with Gasteiger partial charge in [0.1, 0.15) is 12.1 Å². The van der Waals surface area contributed by atoms with Gasteiger partial charge in [0.05, 0.1) is 18.1 Å². The largest absolute Gasteiger partial charge is 0.478 e. The Balaban J connectivity index is 0.000000414. The van der Waals surface area contributed by atoms with Crippen LogP contribution in [-0.4, -0.2) is 97.4 Å². The minimum Gasteiger partial charge on any atom is -0.478 e. The van der Waals surface area contributed by atoms with Crippen LogP contribution in [0.4, 0.5) is 5.82 Å². The quantitative estimate of drug-likeness (QED) is 0.526. The first-order valence-corrected chi connectivity index (χ1v) is 10.5. The third-order valence-corrected chi connectivity index (χ3v) is 4.94. The first-order valence-electron chi connectivity index (χ1n) is 10.5. The van der Waals surface area contributed by atoms with Crippen molar-refractivity contribution in [3.8, 4) is 0 Å². The van der Waals surface area contributed by atoms with Crippen LogP contribution in [0.25, 0.3) is 11.0 Å². The Morgan fingerprint density at radius 2 is 1.64 bits per heavy atom. The number of carbonyl (C=O) groups is 3. The van der Waals surface area contributed by atoms with Gasteiger partial charge in [-0.2, -0.15) is 5.10 Å². The Labute approximate surface area is 191 Å². The van der Waals surface area contributed by atoms with E-state index in [1.165, 1.54) is 6.33 Å². The molecule has 1 aliphatic rings. The molecule has 0 spiro atoms. The number of amides is 1. The van der Waals surface area contributed by atoms with Gasteiger partial charge in [0, 0.05) is 50.3 Å². The van der Waals surface area contributed by atoms with Crippen molar-refractivity contribution in [1.82, 2.24) is 29.5 Å². The van der Waals surface area contributed by atoms with Crippen LogP contribution in [0.1, 0.15) is 20.8 Å². The Morgan fingerprint density at radius 3 is 2.18 bits per heavy atom. The van der Waals surface area contributed by atoms with Gasteiger partial charge in [-0.3, -0.25) is 9.69 Å². The zero-order valence-corrected chi connectivity index (χ0v) is 19.4. The number of aliphatic carboxylic acids is 2. The number of likely N-dealkylation sites (N-methyl/N-ethyl adjacent to an activating group) is 1. The molecule has 3 N–H and O–H groups in total. The van der Waals surface area contributed by atoms with Gasteiger partial charge in [-0.25, -0.2) is 24.2 Å². The molecule has 2 aromatic heterocycles. The van der Waals surface area contributed by atoms with Crippen LogP contribution in [0.2, 0.25) is 0 Å². The Morgan fingerprint density at radius 1 is 1.03 bits per heavy atom. The first kappa shape index (κ1) is 25.9. The van der Waals surface area contributed by atoms with Gasteiger partial charge in [-0.1, -0.05) is 20.8 Å². The zero-order valence-electron chi connectivity index (χ0n) is 19.4. The Kier molecular flexibility index (Phi) is 9.00. The van der Waals surface area contributed by atoms with E-state index in [2.05, 4.69) is 37.2 Å². The summed E-state index contributed by atoms with van der Waals surface area (Å²) in [5.41, 5.74) is 0.280. The van der Waals surface area contributed by atoms with Gasteiger partial charge in [0.25, 0.3) is 0 Å². The molecule has 12 heteroatoms. The van der Waals surface area contributed by atoms with Crippen LogP contribution in [0, 0.1) is 5.41 Å². The minimum atomic E-state index is -1.26. The summed E-state index contributed by atoms with van der Waals surface area (Å²) in [7, 11) is 2.16. The number of piperazine rings is 1. The molecule has 0 aliphatic carbocycles. The number of hydrogen-bond donors (Lipinski definition) is 3. The monoisotopic (exact) mass is 461 g/mol. The molecule has 1 aliphatic heterocycles. The number of carboxylic acid groups (broad SMARTS) is 2. The van der Waals surface area contributed by atoms with Crippen LogP contribution in [-0.2, 0) is 20.9 Å². The van der Waals surface area contributed by atoms with E-state index in [1.54, 1.807) is 6.20 Å². The highest BCUT2D eigenvalue weighted by atomic mass is 16.4. The van der Waals surface area contributed by atoms with Crippen LogP contribution in [0.15, 0.2) is 24.7 Å². The number of rotatable bonds is 6. The molecule has 12 nitrogen and oxygen atoms in total. The lowest BCUT2D eigenvalue weighted by atomic mass is 9.96. The second-order valence-corrected chi connectivity index (χ2v) is 8.69. The molecular formula is C21H31N7O5. The molecule has 1 amide bonds. The van der Waals surface area contributed by atoms with Gasteiger partial charge in [-0.15, -0.1) is 0 Å². The SMILES string of the molecule is CN1CCN(CCn2ncc3c(NC(=O)C(C)(C)C)ncnc32)CC1.O=C(O)/C=C\C(=O)O. The number of carbonyl (C=O) groups excluding carboxylic acids is 1. The zero-order chi connectivity index (χ0) is 24.6. The second-order valence-electron chi connectivity index (χ2n) is 8.69. The number of hydrogen-bond acceptors (Lipinski definition) is 8. The van der Waals surface area contributed by atoms with Gasteiger partial charge >= 0.3 is 11.9 Å². The highest BCUT2D eigenvalue weighted by molar-refractivity contribution is 6.00. The summed E-state index contributed by atoms with van der Waals surface area (Å²) in [5, 5.41) is 23.7. The van der Waals surface area contributed by atoms with Crippen molar-refractivity contribution in [3.05, 3.63) is 24.7 Å². The lowest BCUT2D eigenvalue weighted by Gasteiger charge is -2.32. The number of carboxylic acids is 2. The third kappa shape index (κ3) is 8.24. The second kappa shape index (κ2) is 11.5. The van der Waals surface area contributed by atoms with E-state index < -0.39 is 17.4 Å². The maximum Gasteiger partial charge on any atom is 0.328 e. The molecule has 0 radical (unpaired) electrons. The topological polar surface area (TPSA) is 154 Å². The number of anilines is 1. The summed E-state index contributed by atoms with van der Waals surface area (Å²) in [4.78, 5) is 44.7. The number of fused-ring (bicyclic) bond motifs is 1. The first-order chi connectivity index (χ1) is 15.5. The summed E-state index contributed by atoms with van der Waals surface area (Å²) >= 11 is 0. The molecule has 1 saturated heterocycles. The molecule has 0 aromatic carbocycles. The van der Waals surface area contributed by atoms with Crippen molar-refractivity contribution >= 4 is 34.7 Å². The van der Waals surface area contributed by atoms with Crippen molar-refractivity contribution in [3.63, 3.8) is 0 Å². The van der Waals surface area contributed by atoms with Gasteiger partial charge in [0.15, 0.2) is 5.65 Å². The minimum absolute atomic E-state index is 0.0716. The molecule has 180 valence electrons. The smallest absolute Gasteiger partial charge is 0.328 e. The van der Waals surface area contributed by atoms with E-state index in [4.69, 9.17) is 10.2 Å². The summed E-state index contributed by atoms with van der Waals surface area (Å²) in [6.45, 7) is 11.7. The maximum absolute atomic E-state index is 12.2. The van der Waals surface area contributed by atoms with E-state index in [0.717, 1.165) is 50.3 Å². The van der Waals surface area contributed by atoms with Gasteiger partial charge in [-0.05, 0) is 7.05 Å². The average Bonchev–Trinajstić information content (AvgIpc) is 3.16. The third-order valence-electron chi connectivity index (χ3n) is 4.94. The fourth-order valence-electron chi connectivity index (χ4n) is 2.90. The summed E-state index contributed by atoms with van der Waals surface area (Å²) in [6.07, 6.45) is 4.33. The molecule has 3 rings (SSSR count). The molecule has 33 heavy (non-hydrogen) atoms. The van der Waals surface area contributed by atoms with Crippen LogP contribution in [0.5, 0.6) is 0 Å². The standard InChI is InChI=1S/C17H27N7O.C4H4O4/c1-17(2,3)16(25)21-14-13-11-20-24(15(13)19-12-18-14)10-9-23-7-5-22(4)6-8-23;5-3(6)1-2-4(7)8/h11-12H,5-10H2,1-4H3,(H,18,19,21,25);1-2H,(H,5,6)(H,7,8)/b;2-1-. The Hall–Kier alpha value is -3.38.